The van der Waals surface area contributed by atoms with Gasteiger partial charge in [0.25, 0.3) is 0 Å². The molecule has 1 saturated heterocycles. The molecule has 1 rings (SSSR count). The van der Waals surface area contributed by atoms with E-state index in [4.69, 9.17) is 5.84 Å². The predicted octanol–water partition coefficient (Wildman–Crippen LogP) is 2.40. The van der Waals surface area contributed by atoms with Crippen molar-refractivity contribution in [3.8, 4) is 0 Å². The Morgan fingerprint density at radius 1 is 1.38 bits per heavy atom. The van der Waals surface area contributed by atoms with Crippen LogP contribution in [0.4, 0.5) is 13.2 Å². The van der Waals surface area contributed by atoms with E-state index in [1.54, 1.807) is 23.5 Å². The fraction of sp³-hybridized carbons (Fsp3) is 1.00. The average molecular weight is 274 g/mol. The number of rotatable bonds is 4. The van der Waals surface area contributed by atoms with Crippen molar-refractivity contribution in [1.82, 2.24) is 5.43 Å². The fourth-order valence-electron chi connectivity index (χ4n) is 1.75. The number of hydrogen-bond acceptors (Lipinski definition) is 4. The van der Waals surface area contributed by atoms with Crippen molar-refractivity contribution in [3.05, 3.63) is 0 Å². The number of halogens is 3. The van der Waals surface area contributed by atoms with Crippen molar-refractivity contribution in [1.29, 1.82) is 0 Å². The molecule has 7 heteroatoms. The maximum absolute atomic E-state index is 12.1. The van der Waals surface area contributed by atoms with E-state index in [0.717, 1.165) is 11.5 Å². The lowest BCUT2D eigenvalue weighted by Gasteiger charge is -2.34. The second-order valence-electron chi connectivity index (χ2n) is 3.84. The zero-order valence-corrected chi connectivity index (χ0v) is 10.7. The predicted molar refractivity (Wildman–Crippen MR) is 64.6 cm³/mol. The van der Waals surface area contributed by atoms with Gasteiger partial charge in [-0.3, -0.25) is 11.3 Å². The van der Waals surface area contributed by atoms with Gasteiger partial charge in [-0.05, 0) is 6.42 Å². The molecule has 0 aliphatic carbocycles. The third-order valence-electron chi connectivity index (χ3n) is 2.59. The van der Waals surface area contributed by atoms with Gasteiger partial charge >= 0.3 is 6.18 Å². The normalized spacial score (nSPS) is 29.1. The summed E-state index contributed by atoms with van der Waals surface area (Å²) >= 11 is 3.53. The highest BCUT2D eigenvalue weighted by atomic mass is 32.2. The number of alkyl halides is 3. The Balaban J connectivity index is 2.45. The zero-order chi connectivity index (χ0) is 12.2. The van der Waals surface area contributed by atoms with Gasteiger partial charge in [0, 0.05) is 34.5 Å². The van der Waals surface area contributed by atoms with Gasteiger partial charge < -0.3 is 0 Å². The van der Waals surface area contributed by atoms with E-state index in [9.17, 15) is 13.2 Å². The minimum atomic E-state index is -4.09. The van der Waals surface area contributed by atoms with Crippen LogP contribution in [0.1, 0.15) is 19.8 Å². The minimum Gasteiger partial charge on any atom is -0.271 e. The van der Waals surface area contributed by atoms with Gasteiger partial charge in [-0.25, -0.2) is 0 Å². The number of hydrogen-bond donors (Lipinski definition) is 2. The number of hydrazine groups is 1. The van der Waals surface area contributed by atoms with Gasteiger partial charge in [0.05, 0.1) is 0 Å². The maximum Gasteiger partial charge on any atom is 0.389 e. The summed E-state index contributed by atoms with van der Waals surface area (Å²) in [7, 11) is 0. The zero-order valence-electron chi connectivity index (χ0n) is 9.09. The first-order valence-electron chi connectivity index (χ1n) is 5.20. The molecule has 0 bridgehead atoms. The third-order valence-corrected chi connectivity index (χ3v) is 5.84. The van der Waals surface area contributed by atoms with E-state index in [2.05, 4.69) is 12.3 Å². The van der Waals surface area contributed by atoms with Gasteiger partial charge in [0.15, 0.2) is 0 Å². The molecule has 1 fully saturated rings. The summed E-state index contributed by atoms with van der Waals surface area (Å²) in [5.41, 5.74) is 2.54. The third kappa shape index (κ3) is 4.73. The van der Waals surface area contributed by atoms with Crippen molar-refractivity contribution in [2.75, 3.05) is 11.5 Å². The van der Waals surface area contributed by atoms with Crippen molar-refractivity contribution in [2.45, 2.75) is 42.5 Å². The van der Waals surface area contributed by atoms with Gasteiger partial charge in [-0.2, -0.15) is 36.7 Å². The lowest BCUT2D eigenvalue weighted by molar-refractivity contribution is -0.136. The van der Waals surface area contributed by atoms with Crippen molar-refractivity contribution >= 4 is 23.5 Å². The van der Waals surface area contributed by atoms with Gasteiger partial charge in [0.1, 0.15) is 0 Å². The van der Waals surface area contributed by atoms with E-state index in [1.807, 2.05) is 0 Å². The molecule has 0 radical (unpaired) electrons. The Bertz CT molecular complexity index is 213. The molecule has 1 aliphatic rings. The Kier molecular flexibility index (Phi) is 5.76. The highest BCUT2D eigenvalue weighted by molar-refractivity contribution is 8.07. The molecule has 0 aromatic rings. The second kappa shape index (κ2) is 6.37. The SMILES string of the molecule is CC1SCCSC1C(CCC(F)(F)F)NN. The van der Waals surface area contributed by atoms with Gasteiger partial charge in [-0.1, -0.05) is 6.92 Å². The minimum absolute atomic E-state index is 0.0581. The molecule has 96 valence electrons. The van der Waals surface area contributed by atoms with E-state index in [1.165, 1.54) is 0 Å². The van der Waals surface area contributed by atoms with Crippen LogP contribution in [0.5, 0.6) is 0 Å². The Hall–Kier alpha value is 0.410. The summed E-state index contributed by atoms with van der Waals surface area (Å²) in [6.45, 7) is 2.05. The Labute approximate surface area is 102 Å². The van der Waals surface area contributed by atoms with Crippen LogP contribution in [0.2, 0.25) is 0 Å². The van der Waals surface area contributed by atoms with Crippen molar-refractivity contribution in [2.24, 2.45) is 5.84 Å². The van der Waals surface area contributed by atoms with E-state index in [-0.39, 0.29) is 17.7 Å². The second-order valence-corrected chi connectivity index (χ2v) is 6.61. The molecular weight excluding hydrogens is 257 g/mol. The number of nitrogens with two attached hydrogens (primary N) is 1. The molecule has 0 aromatic heterocycles. The molecule has 16 heavy (non-hydrogen) atoms. The molecule has 0 saturated carbocycles. The summed E-state index contributed by atoms with van der Waals surface area (Å²) in [5, 5.41) is 0.527. The van der Waals surface area contributed by atoms with Crippen LogP contribution < -0.4 is 11.3 Å². The summed E-state index contributed by atoms with van der Waals surface area (Å²) in [5.74, 6) is 7.41. The fourth-order valence-corrected chi connectivity index (χ4v) is 4.74. The molecule has 0 amide bonds. The van der Waals surface area contributed by atoms with Crippen LogP contribution in [-0.2, 0) is 0 Å². The standard InChI is InChI=1S/C9H17F3N2S2/c1-6-8(16-5-4-15-6)7(14-13)2-3-9(10,11)12/h6-8,14H,2-5,13H2,1H3. The van der Waals surface area contributed by atoms with Crippen LogP contribution in [0, 0.1) is 0 Å². The Morgan fingerprint density at radius 3 is 2.50 bits per heavy atom. The highest BCUT2D eigenvalue weighted by Gasteiger charge is 2.34. The summed E-state index contributed by atoms with van der Waals surface area (Å²) in [4.78, 5) is 0. The largest absolute Gasteiger partial charge is 0.389 e. The van der Waals surface area contributed by atoms with E-state index >= 15 is 0 Å². The maximum atomic E-state index is 12.1. The topological polar surface area (TPSA) is 38.0 Å². The summed E-state index contributed by atoms with van der Waals surface area (Å²) in [6, 6.07) is -0.255. The Morgan fingerprint density at radius 2 is 2.00 bits per heavy atom. The number of thioether (sulfide) groups is 2. The molecule has 2 nitrogen and oxygen atoms in total. The molecular formula is C9H17F3N2S2. The lowest BCUT2D eigenvalue weighted by Crippen LogP contribution is -2.47. The van der Waals surface area contributed by atoms with Crippen LogP contribution in [-0.4, -0.2) is 34.2 Å². The van der Waals surface area contributed by atoms with Crippen LogP contribution in [0.15, 0.2) is 0 Å². The first kappa shape index (κ1) is 14.5. The van der Waals surface area contributed by atoms with Crippen molar-refractivity contribution < 1.29 is 13.2 Å². The first-order valence-corrected chi connectivity index (χ1v) is 7.30. The van der Waals surface area contributed by atoms with E-state index < -0.39 is 12.6 Å². The average Bonchev–Trinajstić information content (AvgIpc) is 2.20. The number of nitrogens with one attached hydrogen (secondary N) is 1. The monoisotopic (exact) mass is 274 g/mol. The molecule has 1 heterocycles. The van der Waals surface area contributed by atoms with Crippen LogP contribution in [0.25, 0.3) is 0 Å². The van der Waals surface area contributed by atoms with Crippen LogP contribution in [0.3, 0.4) is 0 Å². The smallest absolute Gasteiger partial charge is 0.271 e. The van der Waals surface area contributed by atoms with Gasteiger partial charge in [-0.15, -0.1) is 0 Å². The lowest BCUT2D eigenvalue weighted by atomic mass is 10.1. The summed E-state index contributed by atoms with van der Waals surface area (Å²) in [6.07, 6.45) is -4.80. The molecule has 1 aliphatic heterocycles. The molecule has 3 atom stereocenters. The highest BCUT2D eigenvalue weighted by Crippen LogP contribution is 2.35. The molecule has 0 spiro atoms. The van der Waals surface area contributed by atoms with Gasteiger partial charge in [0.2, 0.25) is 0 Å². The molecule has 3 N–H and O–H groups in total. The molecule has 3 unspecified atom stereocenters. The first-order chi connectivity index (χ1) is 7.44. The van der Waals surface area contributed by atoms with E-state index in [0.29, 0.717) is 5.25 Å². The molecule has 0 aromatic carbocycles. The van der Waals surface area contributed by atoms with Crippen LogP contribution >= 0.6 is 23.5 Å². The van der Waals surface area contributed by atoms with Crippen molar-refractivity contribution in [3.63, 3.8) is 0 Å². The summed E-state index contributed by atoms with van der Waals surface area (Å²) < 4.78 is 36.4. The quantitative estimate of drug-likeness (QED) is 0.610.